The second-order valence-electron chi connectivity index (χ2n) is 4.98. The highest BCUT2D eigenvalue weighted by Gasteiger charge is 2.49. The minimum atomic E-state index is -3.29. The second-order valence-corrected chi connectivity index (χ2v) is 4.98. The number of benzene rings is 2. The Labute approximate surface area is 121 Å². The molecule has 0 unspecified atom stereocenters. The normalized spacial score (nSPS) is 18.1. The maximum atomic E-state index is 14.6. The first-order valence-electron chi connectivity index (χ1n) is 6.58. The smallest absolute Gasteiger partial charge is 0.301 e. The van der Waals surface area contributed by atoms with Crippen molar-refractivity contribution in [1.29, 1.82) is 0 Å². The molecule has 5 heteroatoms. The SMILES string of the molecule is CN1C(=O)[C@H](C(F)(F)c2ccccc2)Nc2ccccc21. The van der Waals surface area contributed by atoms with E-state index in [1.165, 1.54) is 36.2 Å². The molecule has 0 radical (unpaired) electrons. The second kappa shape index (κ2) is 4.84. The van der Waals surface area contributed by atoms with Gasteiger partial charge in [-0.1, -0.05) is 42.5 Å². The summed E-state index contributed by atoms with van der Waals surface area (Å²) in [7, 11) is 1.51. The molecule has 0 fully saturated rings. The van der Waals surface area contributed by atoms with Crippen molar-refractivity contribution in [3.8, 4) is 0 Å². The topological polar surface area (TPSA) is 32.3 Å². The zero-order valence-electron chi connectivity index (χ0n) is 11.4. The molecule has 1 amide bonds. The molecule has 1 aliphatic heterocycles. The molecule has 3 nitrogen and oxygen atoms in total. The highest BCUT2D eigenvalue weighted by atomic mass is 19.3. The number of rotatable bonds is 2. The number of amides is 1. The van der Waals surface area contributed by atoms with E-state index in [0.29, 0.717) is 11.4 Å². The monoisotopic (exact) mass is 288 g/mol. The van der Waals surface area contributed by atoms with Crippen LogP contribution in [-0.4, -0.2) is 19.0 Å². The number of anilines is 2. The van der Waals surface area contributed by atoms with Gasteiger partial charge in [-0.05, 0) is 12.1 Å². The number of fused-ring (bicyclic) bond motifs is 1. The van der Waals surface area contributed by atoms with Crippen LogP contribution in [0.4, 0.5) is 20.2 Å². The summed E-state index contributed by atoms with van der Waals surface area (Å²) >= 11 is 0. The summed E-state index contributed by atoms with van der Waals surface area (Å²) in [6.07, 6.45) is 0. The molecule has 1 aliphatic rings. The Balaban J connectivity index is 2.02. The van der Waals surface area contributed by atoms with Crippen molar-refractivity contribution in [3.05, 3.63) is 60.2 Å². The van der Waals surface area contributed by atoms with Crippen LogP contribution in [0.15, 0.2) is 54.6 Å². The van der Waals surface area contributed by atoms with E-state index in [1.54, 1.807) is 30.3 Å². The van der Waals surface area contributed by atoms with E-state index in [-0.39, 0.29) is 5.56 Å². The van der Waals surface area contributed by atoms with Gasteiger partial charge in [0, 0.05) is 12.6 Å². The molecule has 108 valence electrons. The minimum absolute atomic E-state index is 0.177. The van der Waals surface area contributed by atoms with Crippen LogP contribution in [0.3, 0.4) is 0 Å². The summed E-state index contributed by atoms with van der Waals surface area (Å²) in [4.78, 5) is 13.6. The van der Waals surface area contributed by atoms with E-state index >= 15 is 0 Å². The van der Waals surface area contributed by atoms with Crippen LogP contribution in [0, 0.1) is 0 Å². The number of carbonyl (C=O) groups excluding carboxylic acids is 1. The Bertz CT molecular complexity index is 673. The molecule has 21 heavy (non-hydrogen) atoms. The number of nitrogens with zero attached hydrogens (tertiary/aromatic N) is 1. The molecule has 1 heterocycles. The Kier molecular flexibility index (Phi) is 3.12. The van der Waals surface area contributed by atoms with Crippen molar-refractivity contribution < 1.29 is 13.6 Å². The predicted octanol–water partition coefficient (Wildman–Crippen LogP) is 3.24. The largest absolute Gasteiger partial charge is 0.367 e. The van der Waals surface area contributed by atoms with Gasteiger partial charge < -0.3 is 10.2 Å². The van der Waals surface area contributed by atoms with Gasteiger partial charge in [-0.2, -0.15) is 8.78 Å². The molecule has 1 atom stereocenters. The van der Waals surface area contributed by atoms with Crippen LogP contribution in [0.1, 0.15) is 5.56 Å². The van der Waals surface area contributed by atoms with E-state index in [0.717, 1.165) is 0 Å². The average Bonchev–Trinajstić information content (AvgIpc) is 2.51. The van der Waals surface area contributed by atoms with Crippen molar-refractivity contribution >= 4 is 17.3 Å². The van der Waals surface area contributed by atoms with Gasteiger partial charge in [0.25, 0.3) is 5.91 Å². The summed E-state index contributed by atoms with van der Waals surface area (Å²) < 4.78 is 29.3. The number of carbonyl (C=O) groups is 1. The van der Waals surface area contributed by atoms with Gasteiger partial charge >= 0.3 is 5.92 Å². The van der Waals surface area contributed by atoms with E-state index in [2.05, 4.69) is 5.32 Å². The Morgan fingerprint density at radius 1 is 1.05 bits per heavy atom. The highest BCUT2D eigenvalue weighted by Crippen LogP contribution is 2.39. The quantitative estimate of drug-likeness (QED) is 0.920. The number of hydrogen-bond acceptors (Lipinski definition) is 2. The van der Waals surface area contributed by atoms with Crippen LogP contribution in [0.5, 0.6) is 0 Å². The Morgan fingerprint density at radius 2 is 1.67 bits per heavy atom. The van der Waals surface area contributed by atoms with Gasteiger partial charge in [0.2, 0.25) is 0 Å². The first-order chi connectivity index (χ1) is 10.0. The fraction of sp³-hybridized carbons (Fsp3) is 0.188. The van der Waals surface area contributed by atoms with Crippen molar-refractivity contribution in [2.75, 3.05) is 17.3 Å². The third kappa shape index (κ3) is 2.14. The number of likely N-dealkylation sites (N-methyl/N-ethyl adjacent to an activating group) is 1. The van der Waals surface area contributed by atoms with Gasteiger partial charge in [-0.15, -0.1) is 0 Å². The van der Waals surface area contributed by atoms with E-state index in [9.17, 15) is 13.6 Å². The average molecular weight is 288 g/mol. The van der Waals surface area contributed by atoms with Crippen LogP contribution in [0.25, 0.3) is 0 Å². The zero-order chi connectivity index (χ0) is 15.0. The standard InChI is InChI=1S/C16H14F2N2O/c1-20-13-10-6-5-9-12(13)19-14(15(20)21)16(17,18)11-7-3-2-4-8-11/h2-10,14,19H,1H3/t14-/m1/s1. The predicted molar refractivity (Wildman–Crippen MR) is 77.6 cm³/mol. The molecule has 0 spiro atoms. The summed E-state index contributed by atoms with van der Waals surface area (Å²) in [6, 6.07) is 12.7. The summed E-state index contributed by atoms with van der Waals surface area (Å²) in [5.41, 5.74) is 0.950. The molecule has 0 bridgehead atoms. The molecule has 0 saturated heterocycles. The third-order valence-corrected chi connectivity index (χ3v) is 3.66. The van der Waals surface area contributed by atoms with Crippen LogP contribution in [0.2, 0.25) is 0 Å². The van der Waals surface area contributed by atoms with E-state index in [4.69, 9.17) is 0 Å². The summed E-state index contributed by atoms with van der Waals surface area (Å²) in [6.45, 7) is 0. The lowest BCUT2D eigenvalue weighted by atomic mass is 9.97. The lowest BCUT2D eigenvalue weighted by molar-refractivity contribution is -0.128. The molecule has 1 N–H and O–H groups in total. The summed E-state index contributed by atoms with van der Waals surface area (Å²) in [5, 5.41) is 2.67. The Hall–Kier alpha value is -2.43. The molecule has 2 aromatic carbocycles. The lowest BCUT2D eigenvalue weighted by Crippen LogP contribution is -2.53. The number of para-hydroxylation sites is 2. The van der Waals surface area contributed by atoms with Crippen molar-refractivity contribution in [2.24, 2.45) is 0 Å². The minimum Gasteiger partial charge on any atom is -0.367 e. The maximum Gasteiger partial charge on any atom is 0.301 e. The molecule has 3 rings (SSSR count). The molecule has 0 aromatic heterocycles. The van der Waals surface area contributed by atoms with Crippen molar-refractivity contribution in [2.45, 2.75) is 12.0 Å². The number of hydrogen-bond donors (Lipinski definition) is 1. The van der Waals surface area contributed by atoms with Gasteiger partial charge in [-0.25, -0.2) is 0 Å². The third-order valence-electron chi connectivity index (χ3n) is 3.66. The van der Waals surface area contributed by atoms with Gasteiger partial charge in [0.05, 0.1) is 11.4 Å². The molecule has 2 aromatic rings. The highest BCUT2D eigenvalue weighted by molar-refractivity contribution is 6.05. The number of halogens is 2. The molecule has 0 aliphatic carbocycles. The molecule has 0 saturated carbocycles. The van der Waals surface area contributed by atoms with Crippen molar-refractivity contribution in [3.63, 3.8) is 0 Å². The van der Waals surface area contributed by atoms with Crippen LogP contribution >= 0.6 is 0 Å². The van der Waals surface area contributed by atoms with Crippen LogP contribution in [-0.2, 0) is 10.7 Å². The Morgan fingerprint density at radius 3 is 2.38 bits per heavy atom. The maximum absolute atomic E-state index is 14.6. The zero-order valence-corrected chi connectivity index (χ0v) is 11.4. The van der Waals surface area contributed by atoms with Gasteiger partial charge in [0.15, 0.2) is 6.04 Å². The first kappa shape index (κ1) is 13.5. The lowest BCUT2D eigenvalue weighted by Gasteiger charge is -2.36. The van der Waals surface area contributed by atoms with Gasteiger partial charge in [-0.3, -0.25) is 4.79 Å². The van der Waals surface area contributed by atoms with E-state index in [1.807, 2.05) is 0 Å². The molecular weight excluding hydrogens is 274 g/mol. The van der Waals surface area contributed by atoms with E-state index < -0.39 is 17.9 Å². The number of alkyl halides is 2. The first-order valence-corrected chi connectivity index (χ1v) is 6.58. The summed E-state index contributed by atoms with van der Waals surface area (Å²) in [5.74, 6) is -3.94. The molecular formula is C16H14F2N2O. The fourth-order valence-corrected chi connectivity index (χ4v) is 2.49. The van der Waals surface area contributed by atoms with Crippen molar-refractivity contribution in [1.82, 2.24) is 0 Å². The van der Waals surface area contributed by atoms with Gasteiger partial charge in [0.1, 0.15) is 0 Å². The fourth-order valence-electron chi connectivity index (χ4n) is 2.49. The van der Waals surface area contributed by atoms with Crippen LogP contribution < -0.4 is 10.2 Å². The number of nitrogens with one attached hydrogen (secondary N) is 1.